The molecule has 0 saturated heterocycles. The fraction of sp³-hybridized carbons (Fsp3) is 0.429. The maximum Gasteiger partial charge on any atom is 0.335 e. The molecule has 2 amide bonds. The van der Waals surface area contributed by atoms with Crippen LogP contribution in [-0.2, 0) is 0 Å². The molecular formula is C14H21N3O3. The van der Waals surface area contributed by atoms with Crippen molar-refractivity contribution in [3.05, 3.63) is 29.3 Å². The summed E-state index contributed by atoms with van der Waals surface area (Å²) in [6.07, 6.45) is 0. The van der Waals surface area contributed by atoms with E-state index in [1.165, 1.54) is 12.1 Å². The number of nitrogens with zero attached hydrogens (tertiary/aromatic N) is 1. The Morgan fingerprint density at radius 1 is 1.35 bits per heavy atom. The minimum atomic E-state index is -0.983. The number of hydrogen-bond acceptors (Lipinski definition) is 3. The molecular weight excluding hydrogens is 258 g/mol. The Morgan fingerprint density at radius 2 is 2.00 bits per heavy atom. The summed E-state index contributed by atoms with van der Waals surface area (Å²) in [4.78, 5) is 24.6. The standard InChI is InChI=1S/C14H21N3O3/c1-9-7-11(13(18)19)5-6-12(9)16-14(20)15-10(2)8-17(3)4/h5-7,10H,8H2,1-4H3,(H,18,19)(H2,15,16,20). The van der Waals surface area contributed by atoms with Crippen LogP contribution in [0.25, 0.3) is 0 Å². The first-order chi connectivity index (χ1) is 9.29. The number of benzene rings is 1. The fourth-order valence-electron chi connectivity index (χ4n) is 1.91. The Hall–Kier alpha value is -2.08. The third-order valence-corrected chi connectivity index (χ3v) is 2.74. The molecule has 0 aliphatic carbocycles. The van der Waals surface area contributed by atoms with Gasteiger partial charge in [0.1, 0.15) is 0 Å². The first kappa shape index (κ1) is 16.0. The van der Waals surface area contributed by atoms with Crippen LogP contribution in [-0.4, -0.2) is 48.7 Å². The zero-order valence-corrected chi connectivity index (χ0v) is 12.2. The zero-order chi connectivity index (χ0) is 15.3. The zero-order valence-electron chi connectivity index (χ0n) is 12.2. The smallest absolute Gasteiger partial charge is 0.335 e. The van der Waals surface area contributed by atoms with Crippen molar-refractivity contribution in [1.82, 2.24) is 10.2 Å². The number of anilines is 1. The summed E-state index contributed by atoms with van der Waals surface area (Å²) in [6, 6.07) is 4.30. The third-order valence-electron chi connectivity index (χ3n) is 2.74. The fourth-order valence-corrected chi connectivity index (χ4v) is 1.91. The first-order valence-corrected chi connectivity index (χ1v) is 6.35. The third kappa shape index (κ3) is 4.89. The largest absolute Gasteiger partial charge is 0.478 e. The summed E-state index contributed by atoms with van der Waals surface area (Å²) in [7, 11) is 3.87. The maximum absolute atomic E-state index is 11.8. The number of urea groups is 1. The van der Waals surface area contributed by atoms with Crippen LogP contribution in [0.5, 0.6) is 0 Å². The normalized spacial score (nSPS) is 12.1. The van der Waals surface area contributed by atoms with E-state index in [1.54, 1.807) is 13.0 Å². The molecule has 1 aromatic carbocycles. The van der Waals surface area contributed by atoms with Crippen molar-refractivity contribution in [3.63, 3.8) is 0 Å². The van der Waals surface area contributed by atoms with Crippen molar-refractivity contribution >= 4 is 17.7 Å². The van der Waals surface area contributed by atoms with Crippen LogP contribution in [0.2, 0.25) is 0 Å². The number of rotatable bonds is 5. The van der Waals surface area contributed by atoms with Crippen LogP contribution >= 0.6 is 0 Å². The number of likely N-dealkylation sites (N-methyl/N-ethyl adjacent to an activating group) is 1. The highest BCUT2D eigenvalue weighted by molar-refractivity contribution is 5.92. The minimum Gasteiger partial charge on any atom is -0.478 e. The summed E-state index contributed by atoms with van der Waals surface area (Å²) in [6.45, 7) is 4.41. The van der Waals surface area contributed by atoms with Gasteiger partial charge in [-0.1, -0.05) is 0 Å². The maximum atomic E-state index is 11.8. The second-order valence-corrected chi connectivity index (χ2v) is 5.10. The predicted octanol–water partition coefficient (Wildman–Crippen LogP) is 1.76. The van der Waals surface area contributed by atoms with Gasteiger partial charge in [0, 0.05) is 18.3 Å². The van der Waals surface area contributed by atoms with E-state index in [1.807, 2.05) is 25.9 Å². The average Bonchev–Trinajstić information content (AvgIpc) is 2.30. The van der Waals surface area contributed by atoms with Crippen LogP contribution < -0.4 is 10.6 Å². The van der Waals surface area contributed by atoms with E-state index in [0.29, 0.717) is 11.3 Å². The lowest BCUT2D eigenvalue weighted by atomic mass is 10.1. The quantitative estimate of drug-likeness (QED) is 0.767. The molecule has 0 heterocycles. The van der Waals surface area contributed by atoms with Gasteiger partial charge in [-0.15, -0.1) is 0 Å². The molecule has 1 rings (SSSR count). The highest BCUT2D eigenvalue weighted by atomic mass is 16.4. The highest BCUT2D eigenvalue weighted by Crippen LogP contribution is 2.16. The van der Waals surface area contributed by atoms with Gasteiger partial charge in [-0.3, -0.25) is 0 Å². The van der Waals surface area contributed by atoms with E-state index >= 15 is 0 Å². The molecule has 6 nitrogen and oxygen atoms in total. The Balaban J connectivity index is 2.64. The average molecular weight is 279 g/mol. The van der Waals surface area contributed by atoms with Gasteiger partial charge in [0.05, 0.1) is 5.56 Å². The van der Waals surface area contributed by atoms with Gasteiger partial charge in [0.2, 0.25) is 0 Å². The van der Waals surface area contributed by atoms with Crippen molar-refractivity contribution in [3.8, 4) is 0 Å². The van der Waals surface area contributed by atoms with Gasteiger partial charge in [-0.05, 0) is 51.7 Å². The highest BCUT2D eigenvalue weighted by Gasteiger charge is 2.10. The summed E-state index contributed by atoms with van der Waals surface area (Å²) >= 11 is 0. The number of nitrogens with one attached hydrogen (secondary N) is 2. The monoisotopic (exact) mass is 279 g/mol. The Kier molecular flexibility index (Phi) is 5.52. The Bertz CT molecular complexity index is 500. The second kappa shape index (κ2) is 6.91. The van der Waals surface area contributed by atoms with Crippen LogP contribution in [0.3, 0.4) is 0 Å². The molecule has 0 saturated carbocycles. The molecule has 0 spiro atoms. The van der Waals surface area contributed by atoms with Crippen molar-refractivity contribution in [2.24, 2.45) is 0 Å². The minimum absolute atomic E-state index is 0.0172. The summed E-state index contributed by atoms with van der Waals surface area (Å²) < 4.78 is 0. The van der Waals surface area contributed by atoms with Crippen molar-refractivity contribution in [2.45, 2.75) is 19.9 Å². The lowest BCUT2D eigenvalue weighted by molar-refractivity contribution is 0.0697. The van der Waals surface area contributed by atoms with E-state index < -0.39 is 5.97 Å². The van der Waals surface area contributed by atoms with Gasteiger partial charge >= 0.3 is 12.0 Å². The Morgan fingerprint density at radius 3 is 2.50 bits per heavy atom. The summed E-state index contributed by atoms with van der Waals surface area (Å²) in [5, 5.41) is 14.4. The molecule has 1 aromatic rings. The lowest BCUT2D eigenvalue weighted by Gasteiger charge is -2.19. The number of carbonyl (C=O) groups is 2. The van der Waals surface area contributed by atoms with Crippen LogP contribution in [0, 0.1) is 6.92 Å². The molecule has 1 unspecified atom stereocenters. The number of carboxylic acid groups (broad SMARTS) is 1. The molecule has 3 N–H and O–H groups in total. The van der Waals surface area contributed by atoms with Crippen LogP contribution in [0.15, 0.2) is 18.2 Å². The number of carboxylic acids is 1. The molecule has 0 aliphatic rings. The second-order valence-electron chi connectivity index (χ2n) is 5.10. The van der Waals surface area contributed by atoms with Gasteiger partial charge in [-0.2, -0.15) is 0 Å². The molecule has 0 fully saturated rings. The molecule has 20 heavy (non-hydrogen) atoms. The van der Waals surface area contributed by atoms with Crippen molar-refractivity contribution in [2.75, 3.05) is 26.0 Å². The lowest BCUT2D eigenvalue weighted by Crippen LogP contribution is -2.41. The topological polar surface area (TPSA) is 81.7 Å². The van der Waals surface area contributed by atoms with E-state index in [0.717, 1.165) is 6.54 Å². The van der Waals surface area contributed by atoms with E-state index in [-0.39, 0.29) is 17.6 Å². The molecule has 1 atom stereocenters. The van der Waals surface area contributed by atoms with E-state index in [4.69, 9.17) is 5.11 Å². The van der Waals surface area contributed by atoms with E-state index in [9.17, 15) is 9.59 Å². The van der Waals surface area contributed by atoms with Crippen molar-refractivity contribution < 1.29 is 14.7 Å². The SMILES string of the molecule is Cc1cc(C(=O)O)ccc1NC(=O)NC(C)CN(C)C. The molecule has 0 radical (unpaired) electrons. The van der Waals surface area contributed by atoms with Crippen LogP contribution in [0.1, 0.15) is 22.8 Å². The molecule has 0 aromatic heterocycles. The molecule has 0 aliphatic heterocycles. The first-order valence-electron chi connectivity index (χ1n) is 6.35. The molecule has 0 bridgehead atoms. The summed E-state index contributed by atoms with van der Waals surface area (Å²) in [5.74, 6) is -0.983. The molecule has 110 valence electrons. The number of carbonyl (C=O) groups excluding carboxylic acids is 1. The van der Waals surface area contributed by atoms with Crippen LogP contribution in [0.4, 0.5) is 10.5 Å². The van der Waals surface area contributed by atoms with E-state index in [2.05, 4.69) is 10.6 Å². The van der Waals surface area contributed by atoms with Gasteiger partial charge in [-0.25, -0.2) is 9.59 Å². The number of hydrogen-bond donors (Lipinski definition) is 3. The predicted molar refractivity (Wildman–Crippen MR) is 78.3 cm³/mol. The van der Waals surface area contributed by atoms with Gasteiger partial charge in [0.25, 0.3) is 0 Å². The number of aromatic carboxylic acids is 1. The molecule has 6 heteroatoms. The van der Waals surface area contributed by atoms with Gasteiger partial charge < -0.3 is 20.6 Å². The number of aryl methyl sites for hydroxylation is 1. The van der Waals surface area contributed by atoms with Crippen molar-refractivity contribution in [1.29, 1.82) is 0 Å². The summed E-state index contributed by atoms with van der Waals surface area (Å²) in [5.41, 5.74) is 1.51. The Labute approximate surface area is 118 Å². The van der Waals surface area contributed by atoms with Gasteiger partial charge in [0.15, 0.2) is 0 Å². The number of amides is 2.